The van der Waals surface area contributed by atoms with Crippen LogP contribution in [0.4, 0.5) is 0 Å². The number of nitrogens with one attached hydrogen (secondary N) is 1. The molecule has 2 aromatic rings. The first-order valence-electron chi connectivity index (χ1n) is 8.06. The molecule has 1 aliphatic heterocycles. The maximum absolute atomic E-state index is 12.3. The van der Waals surface area contributed by atoms with Gasteiger partial charge in [-0.05, 0) is 37.9 Å². The molecule has 0 amide bonds. The van der Waals surface area contributed by atoms with Crippen LogP contribution in [0.1, 0.15) is 17.9 Å². The summed E-state index contributed by atoms with van der Waals surface area (Å²) in [4.78, 5) is 10.7. The Morgan fingerprint density at radius 1 is 1.38 bits per heavy atom. The summed E-state index contributed by atoms with van der Waals surface area (Å²) in [6, 6.07) is 5.91. The van der Waals surface area contributed by atoms with Gasteiger partial charge in [-0.1, -0.05) is 6.07 Å². The van der Waals surface area contributed by atoms with Gasteiger partial charge in [-0.2, -0.15) is 0 Å². The van der Waals surface area contributed by atoms with Crippen molar-refractivity contribution < 1.29 is 8.42 Å². The number of aromatic nitrogens is 3. The summed E-state index contributed by atoms with van der Waals surface area (Å²) < 4.78 is 29.0. The van der Waals surface area contributed by atoms with E-state index in [0.29, 0.717) is 18.3 Å². The number of rotatable bonds is 6. The summed E-state index contributed by atoms with van der Waals surface area (Å²) in [5.74, 6) is 0.992. The van der Waals surface area contributed by atoms with Crippen molar-refractivity contribution in [2.75, 3.05) is 19.6 Å². The van der Waals surface area contributed by atoms with Gasteiger partial charge < -0.3 is 4.57 Å². The summed E-state index contributed by atoms with van der Waals surface area (Å²) in [6.45, 7) is 4.87. The van der Waals surface area contributed by atoms with Crippen molar-refractivity contribution in [3.05, 3.63) is 42.1 Å². The second-order valence-electron chi connectivity index (χ2n) is 6.30. The van der Waals surface area contributed by atoms with Gasteiger partial charge in [-0.15, -0.1) is 0 Å². The fourth-order valence-corrected chi connectivity index (χ4v) is 4.05. The summed E-state index contributed by atoms with van der Waals surface area (Å²) in [7, 11) is -1.75. The molecule has 0 aromatic carbocycles. The highest BCUT2D eigenvalue weighted by Crippen LogP contribution is 2.18. The number of hydrogen-bond acceptors (Lipinski definition) is 5. The Labute approximate surface area is 142 Å². The van der Waals surface area contributed by atoms with E-state index < -0.39 is 10.0 Å². The smallest absolute Gasteiger partial charge is 0.259 e. The molecule has 1 N–H and O–H groups in total. The first-order valence-corrected chi connectivity index (χ1v) is 9.54. The van der Waals surface area contributed by atoms with Crippen molar-refractivity contribution in [1.82, 2.24) is 24.2 Å². The van der Waals surface area contributed by atoms with E-state index in [1.165, 1.54) is 0 Å². The molecule has 0 bridgehead atoms. The number of pyridine rings is 1. The zero-order valence-electron chi connectivity index (χ0n) is 14.0. The molecular formula is C16H23N5O2S. The minimum Gasteiger partial charge on any atom is -0.337 e. The Balaban J connectivity index is 1.52. The highest BCUT2D eigenvalue weighted by atomic mass is 32.2. The van der Waals surface area contributed by atoms with Crippen LogP contribution in [0.2, 0.25) is 0 Å². The Kier molecular flexibility index (Phi) is 4.98. The molecule has 1 atom stereocenters. The molecule has 0 aliphatic carbocycles. The van der Waals surface area contributed by atoms with E-state index in [9.17, 15) is 8.42 Å². The molecule has 3 rings (SSSR count). The summed E-state index contributed by atoms with van der Waals surface area (Å²) in [6.07, 6.45) is 4.32. The van der Waals surface area contributed by atoms with Crippen LogP contribution in [0.3, 0.4) is 0 Å². The van der Waals surface area contributed by atoms with Crippen LogP contribution >= 0.6 is 0 Å². The number of sulfonamides is 1. The lowest BCUT2D eigenvalue weighted by molar-refractivity contribution is 0.313. The predicted molar refractivity (Wildman–Crippen MR) is 90.8 cm³/mol. The maximum Gasteiger partial charge on any atom is 0.259 e. The van der Waals surface area contributed by atoms with E-state index in [-0.39, 0.29) is 5.03 Å². The Morgan fingerprint density at radius 2 is 2.21 bits per heavy atom. The fraction of sp³-hybridized carbons (Fsp3) is 0.500. The van der Waals surface area contributed by atoms with E-state index in [4.69, 9.17) is 0 Å². The van der Waals surface area contributed by atoms with Crippen molar-refractivity contribution in [3.63, 3.8) is 0 Å². The lowest BCUT2D eigenvalue weighted by Gasteiger charge is -2.15. The number of likely N-dealkylation sites (tertiary alicyclic amines) is 1. The van der Waals surface area contributed by atoms with Crippen LogP contribution in [0.25, 0.3) is 0 Å². The number of nitrogens with zero attached hydrogens (tertiary/aromatic N) is 4. The van der Waals surface area contributed by atoms with Gasteiger partial charge in [0, 0.05) is 39.1 Å². The van der Waals surface area contributed by atoms with Crippen molar-refractivity contribution >= 4 is 10.0 Å². The first kappa shape index (κ1) is 17.1. The molecule has 2 aromatic heterocycles. The molecule has 0 radical (unpaired) electrons. The van der Waals surface area contributed by atoms with Crippen LogP contribution < -0.4 is 4.72 Å². The van der Waals surface area contributed by atoms with E-state index in [0.717, 1.165) is 31.7 Å². The Bertz CT molecular complexity index is 769. The molecule has 7 nitrogen and oxygen atoms in total. The normalized spacial score (nSPS) is 19.0. The second kappa shape index (κ2) is 7.00. The largest absolute Gasteiger partial charge is 0.337 e. The predicted octanol–water partition coefficient (Wildman–Crippen LogP) is 0.924. The van der Waals surface area contributed by atoms with Gasteiger partial charge in [0.15, 0.2) is 5.03 Å². The third-order valence-electron chi connectivity index (χ3n) is 4.41. The highest BCUT2D eigenvalue weighted by molar-refractivity contribution is 7.89. The van der Waals surface area contributed by atoms with Crippen LogP contribution in [-0.2, 0) is 23.6 Å². The van der Waals surface area contributed by atoms with Gasteiger partial charge in [0.1, 0.15) is 5.82 Å². The lowest BCUT2D eigenvalue weighted by atomic mass is 10.1. The van der Waals surface area contributed by atoms with Gasteiger partial charge in [0.25, 0.3) is 10.0 Å². The molecule has 0 saturated carbocycles. The van der Waals surface area contributed by atoms with E-state index in [1.54, 1.807) is 30.9 Å². The Morgan fingerprint density at radius 3 is 2.88 bits per heavy atom. The third kappa shape index (κ3) is 4.00. The molecular weight excluding hydrogens is 326 g/mol. The monoisotopic (exact) mass is 349 g/mol. The van der Waals surface area contributed by atoms with Crippen molar-refractivity contribution in [3.8, 4) is 0 Å². The zero-order valence-corrected chi connectivity index (χ0v) is 14.8. The molecule has 0 spiro atoms. The van der Waals surface area contributed by atoms with Crippen LogP contribution in [0.15, 0.2) is 35.6 Å². The van der Waals surface area contributed by atoms with Crippen LogP contribution in [0.5, 0.6) is 0 Å². The standard InChI is InChI=1S/C16H23N5O2S/c1-13-19-16(12-20(13)2)24(22,23)18-9-14-6-8-21(10-14)11-15-5-3-4-7-17-15/h3-5,7,12,14,18H,6,8-11H2,1-2H3/t14-/m0/s1. The molecule has 1 saturated heterocycles. The SMILES string of the molecule is Cc1nc(S(=O)(=O)NC[C@@H]2CCN(Cc3ccccn3)C2)cn1C. The molecule has 8 heteroatoms. The number of hydrogen-bond donors (Lipinski definition) is 1. The molecule has 1 aliphatic rings. The molecule has 0 unspecified atom stereocenters. The molecule has 24 heavy (non-hydrogen) atoms. The molecule has 130 valence electrons. The Hall–Kier alpha value is -1.77. The van der Waals surface area contributed by atoms with E-state index in [1.807, 2.05) is 18.2 Å². The summed E-state index contributed by atoms with van der Waals surface area (Å²) >= 11 is 0. The molecule has 1 fully saturated rings. The topological polar surface area (TPSA) is 80.1 Å². The highest BCUT2D eigenvalue weighted by Gasteiger charge is 2.25. The zero-order chi connectivity index (χ0) is 17.2. The number of aryl methyl sites for hydroxylation is 2. The summed E-state index contributed by atoms with van der Waals surface area (Å²) in [5, 5.41) is 0.0887. The van der Waals surface area contributed by atoms with E-state index >= 15 is 0 Å². The van der Waals surface area contributed by atoms with Gasteiger partial charge in [0.05, 0.1) is 5.69 Å². The average molecular weight is 349 g/mol. The average Bonchev–Trinajstić information content (AvgIpc) is 3.14. The fourth-order valence-electron chi connectivity index (χ4n) is 2.90. The lowest BCUT2D eigenvalue weighted by Crippen LogP contribution is -2.31. The van der Waals surface area contributed by atoms with Gasteiger partial charge in [0.2, 0.25) is 0 Å². The molecule has 3 heterocycles. The van der Waals surface area contributed by atoms with Crippen molar-refractivity contribution in [2.45, 2.75) is 24.9 Å². The quantitative estimate of drug-likeness (QED) is 0.839. The van der Waals surface area contributed by atoms with Gasteiger partial charge in [-0.3, -0.25) is 9.88 Å². The van der Waals surface area contributed by atoms with Crippen molar-refractivity contribution in [1.29, 1.82) is 0 Å². The third-order valence-corrected chi connectivity index (χ3v) is 5.70. The van der Waals surface area contributed by atoms with Gasteiger partial charge >= 0.3 is 0 Å². The maximum atomic E-state index is 12.3. The first-order chi connectivity index (χ1) is 11.4. The second-order valence-corrected chi connectivity index (χ2v) is 8.01. The van der Waals surface area contributed by atoms with E-state index in [2.05, 4.69) is 19.6 Å². The van der Waals surface area contributed by atoms with Crippen LogP contribution in [0, 0.1) is 12.8 Å². The van der Waals surface area contributed by atoms with Crippen molar-refractivity contribution in [2.24, 2.45) is 13.0 Å². The minimum absolute atomic E-state index is 0.0887. The van der Waals surface area contributed by atoms with Gasteiger partial charge in [-0.25, -0.2) is 18.1 Å². The summed E-state index contributed by atoms with van der Waals surface area (Å²) in [5.41, 5.74) is 1.04. The minimum atomic E-state index is -3.54. The number of imidazole rings is 1. The van der Waals surface area contributed by atoms with Crippen LogP contribution in [-0.4, -0.2) is 47.5 Å².